The average Bonchev–Trinajstić information content (AvgIpc) is 1.99. The lowest BCUT2D eigenvalue weighted by atomic mass is 10.8. The van der Waals surface area contributed by atoms with E-state index in [0.717, 1.165) is 5.41 Å². The monoisotopic (exact) mass is 179 g/mol. The van der Waals surface area contributed by atoms with E-state index in [1.165, 1.54) is 0 Å². The van der Waals surface area contributed by atoms with Gasteiger partial charge in [-0.1, -0.05) is 13.5 Å². The number of nitrogens with one attached hydrogen (secondary N) is 1. The van der Waals surface area contributed by atoms with Gasteiger partial charge in [-0.15, -0.1) is 0 Å². The van der Waals surface area contributed by atoms with Crippen LogP contribution in [0.3, 0.4) is 0 Å². The zero-order valence-corrected chi connectivity index (χ0v) is 7.36. The van der Waals surface area contributed by atoms with Gasteiger partial charge in [0.2, 0.25) is 0 Å². The molecule has 0 aromatic heterocycles. The van der Waals surface area contributed by atoms with Gasteiger partial charge in [0.05, 0.1) is 12.4 Å². The summed E-state index contributed by atoms with van der Waals surface area (Å²) in [6.45, 7) is 5.85. The van der Waals surface area contributed by atoms with Crippen LogP contribution in [0.5, 0.6) is 0 Å². The van der Waals surface area contributed by atoms with Crippen LogP contribution in [-0.4, -0.2) is 27.3 Å². The van der Waals surface area contributed by atoms with Crippen molar-refractivity contribution in [1.29, 1.82) is 0 Å². The fraction of sp³-hybridized carbons (Fsp3) is 0.667. The Morgan fingerprint density at radius 3 is 2.73 bits per heavy atom. The van der Waals surface area contributed by atoms with Gasteiger partial charge in [0, 0.05) is 12.0 Å². The van der Waals surface area contributed by atoms with Gasteiger partial charge >= 0.3 is 0 Å². The van der Waals surface area contributed by atoms with Crippen molar-refractivity contribution < 1.29 is 13.3 Å². The lowest BCUT2D eigenvalue weighted by molar-refractivity contribution is 0.0560. The Hall–Kier alpha value is -0.390. The standard InChI is InChI=1S/C6H13NO3S/c1-3-7-10-5-6-11(8,9)4-2/h4,7H,2-3,5-6H2,1H3. The summed E-state index contributed by atoms with van der Waals surface area (Å²) in [6.07, 6.45) is 0. The fourth-order valence-electron chi connectivity index (χ4n) is 0.415. The second-order valence-corrected chi connectivity index (χ2v) is 3.95. The Kier molecular flexibility index (Phi) is 5.10. The topological polar surface area (TPSA) is 55.4 Å². The predicted octanol–water partition coefficient (Wildman–Crippen LogP) is 0.0858. The fourth-order valence-corrected chi connectivity index (χ4v) is 0.898. The van der Waals surface area contributed by atoms with Gasteiger partial charge in [0.25, 0.3) is 0 Å². The van der Waals surface area contributed by atoms with Crippen LogP contribution in [0.25, 0.3) is 0 Å². The Balaban J connectivity index is 3.47. The van der Waals surface area contributed by atoms with Gasteiger partial charge < -0.3 is 4.84 Å². The Bertz CT molecular complexity index is 198. The molecule has 0 amide bonds. The lowest BCUT2D eigenvalue weighted by Crippen LogP contribution is -2.18. The van der Waals surface area contributed by atoms with Gasteiger partial charge in [0.1, 0.15) is 0 Å². The molecule has 0 fully saturated rings. The molecule has 0 radical (unpaired) electrons. The van der Waals surface area contributed by atoms with E-state index in [9.17, 15) is 8.42 Å². The minimum absolute atomic E-state index is 0.0243. The first kappa shape index (κ1) is 10.6. The largest absolute Gasteiger partial charge is 0.301 e. The van der Waals surface area contributed by atoms with Crippen LogP contribution in [-0.2, 0) is 14.7 Å². The molecule has 0 unspecified atom stereocenters. The molecule has 0 aliphatic heterocycles. The van der Waals surface area contributed by atoms with Gasteiger partial charge in [-0.05, 0) is 0 Å². The van der Waals surface area contributed by atoms with Crippen molar-refractivity contribution in [1.82, 2.24) is 5.48 Å². The van der Waals surface area contributed by atoms with Crippen LogP contribution in [0.2, 0.25) is 0 Å². The molecule has 1 N–H and O–H groups in total. The van der Waals surface area contributed by atoms with E-state index in [1.807, 2.05) is 6.92 Å². The van der Waals surface area contributed by atoms with Crippen LogP contribution >= 0.6 is 0 Å². The summed E-state index contributed by atoms with van der Waals surface area (Å²) >= 11 is 0. The third-order valence-electron chi connectivity index (χ3n) is 0.970. The maximum Gasteiger partial charge on any atom is 0.173 e. The summed E-state index contributed by atoms with van der Waals surface area (Å²) < 4.78 is 21.5. The van der Waals surface area contributed by atoms with E-state index in [-0.39, 0.29) is 12.4 Å². The molecule has 4 nitrogen and oxygen atoms in total. The molecule has 0 saturated carbocycles. The molecule has 0 spiro atoms. The third-order valence-corrected chi connectivity index (χ3v) is 2.21. The minimum atomic E-state index is -3.10. The molecule has 66 valence electrons. The van der Waals surface area contributed by atoms with E-state index < -0.39 is 9.84 Å². The zero-order chi connectivity index (χ0) is 8.74. The van der Waals surface area contributed by atoms with Crippen molar-refractivity contribution in [2.75, 3.05) is 18.9 Å². The van der Waals surface area contributed by atoms with Crippen molar-refractivity contribution in [3.05, 3.63) is 12.0 Å². The van der Waals surface area contributed by atoms with Crippen molar-refractivity contribution in [2.45, 2.75) is 6.92 Å². The van der Waals surface area contributed by atoms with E-state index in [2.05, 4.69) is 12.1 Å². The van der Waals surface area contributed by atoms with E-state index in [1.54, 1.807) is 0 Å². The van der Waals surface area contributed by atoms with Crippen molar-refractivity contribution >= 4 is 9.84 Å². The molecule has 0 aliphatic rings. The Morgan fingerprint density at radius 1 is 1.64 bits per heavy atom. The minimum Gasteiger partial charge on any atom is -0.301 e. The second kappa shape index (κ2) is 5.29. The molecular formula is C6H13NO3S. The Labute approximate surface area is 67.1 Å². The first-order valence-corrected chi connectivity index (χ1v) is 5.03. The van der Waals surface area contributed by atoms with Crippen LogP contribution in [0.4, 0.5) is 0 Å². The number of hydrogen-bond donors (Lipinski definition) is 1. The highest BCUT2D eigenvalue weighted by Gasteiger charge is 2.03. The maximum absolute atomic E-state index is 10.7. The quantitative estimate of drug-likeness (QED) is 0.463. The molecule has 5 heteroatoms. The molecule has 0 heterocycles. The molecule has 11 heavy (non-hydrogen) atoms. The number of hydroxylamine groups is 1. The van der Waals surface area contributed by atoms with Crippen molar-refractivity contribution in [2.24, 2.45) is 0 Å². The average molecular weight is 179 g/mol. The van der Waals surface area contributed by atoms with Gasteiger partial charge in [-0.2, -0.15) is 0 Å². The summed E-state index contributed by atoms with van der Waals surface area (Å²) in [5, 5.41) is 0.933. The summed E-state index contributed by atoms with van der Waals surface area (Å²) in [7, 11) is -3.10. The number of sulfone groups is 1. The normalized spacial score (nSPS) is 11.4. The van der Waals surface area contributed by atoms with Gasteiger partial charge in [-0.25, -0.2) is 13.9 Å². The molecule has 0 rings (SSSR count). The molecule has 0 aromatic rings. The molecule has 0 aromatic carbocycles. The molecule has 0 aliphatic carbocycles. The van der Waals surface area contributed by atoms with Crippen molar-refractivity contribution in [3.63, 3.8) is 0 Å². The van der Waals surface area contributed by atoms with Crippen LogP contribution in [0, 0.1) is 0 Å². The summed E-state index contributed by atoms with van der Waals surface area (Å²) in [4.78, 5) is 4.74. The summed E-state index contributed by atoms with van der Waals surface area (Å²) in [6, 6.07) is 0. The van der Waals surface area contributed by atoms with E-state index in [0.29, 0.717) is 6.54 Å². The van der Waals surface area contributed by atoms with Crippen LogP contribution < -0.4 is 5.48 Å². The lowest BCUT2D eigenvalue weighted by Gasteiger charge is -2.00. The number of rotatable bonds is 6. The van der Waals surface area contributed by atoms with E-state index in [4.69, 9.17) is 4.84 Å². The zero-order valence-electron chi connectivity index (χ0n) is 6.54. The Morgan fingerprint density at radius 2 is 2.27 bits per heavy atom. The maximum atomic E-state index is 10.7. The predicted molar refractivity (Wildman–Crippen MR) is 43.6 cm³/mol. The highest BCUT2D eigenvalue weighted by molar-refractivity contribution is 7.94. The molecule has 0 atom stereocenters. The van der Waals surface area contributed by atoms with Crippen LogP contribution in [0.15, 0.2) is 12.0 Å². The first-order valence-electron chi connectivity index (χ1n) is 3.32. The highest BCUT2D eigenvalue weighted by Crippen LogP contribution is 1.89. The third kappa shape index (κ3) is 6.03. The summed E-state index contributed by atoms with van der Waals surface area (Å²) in [5.74, 6) is -0.0243. The molecule has 0 bridgehead atoms. The SMILES string of the molecule is C=CS(=O)(=O)CCONCC. The molecule has 0 saturated heterocycles. The van der Waals surface area contributed by atoms with Crippen LogP contribution in [0.1, 0.15) is 6.92 Å². The van der Waals surface area contributed by atoms with Crippen molar-refractivity contribution in [3.8, 4) is 0 Å². The summed E-state index contributed by atoms with van der Waals surface area (Å²) in [5.41, 5.74) is 2.55. The first-order chi connectivity index (χ1) is 5.12. The van der Waals surface area contributed by atoms with Gasteiger partial charge in [0.15, 0.2) is 9.84 Å². The second-order valence-electron chi connectivity index (χ2n) is 1.88. The smallest absolute Gasteiger partial charge is 0.173 e. The highest BCUT2D eigenvalue weighted by atomic mass is 32.2. The van der Waals surface area contributed by atoms with Gasteiger partial charge in [-0.3, -0.25) is 0 Å². The molecular weight excluding hydrogens is 166 g/mol. The number of hydrogen-bond acceptors (Lipinski definition) is 4. The van der Waals surface area contributed by atoms with E-state index >= 15 is 0 Å².